The molecule has 1 aromatic heterocycles. The highest BCUT2D eigenvalue weighted by Gasteiger charge is 2.07. The SMILES string of the molecule is CCCOc1cnc(-c2ccc(OC)cc2)cc1C#N. The van der Waals surface area contributed by atoms with Gasteiger partial charge in [-0.15, -0.1) is 0 Å². The molecule has 0 amide bonds. The number of pyridine rings is 1. The molecule has 0 saturated carbocycles. The van der Waals surface area contributed by atoms with E-state index in [1.165, 1.54) is 0 Å². The molecule has 2 aromatic rings. The van der Waals surface area contributed by atoms with Gasteiger partial charge >= 0.3 is 0 Å². The van der Waals surface area contributed by atoms with Crippen molar-refractivity contribution in [3.05, 3.63) is 42.1 Å². The molecule has 0 bridgehead atoms. The number of nitriles is 1. The molecule has 0 aliphatic carbocycles. The summed E-state index contributed by atoms with van der Waals surface area (Å²) in [6.07, 6.45) is 2.50. The average molecular weight is 268 g/mol. The number of methoxy groups -OCH3 is 1. The number of nitrogens with zero attached hydrogens (tertiary/aromatic N) is 2. The summed E-state index contributed by atoms with van der Waals surface area (Å²) >= 11 is 0. The van der Waals surface area contributed by atoms with E-state index < -0.39 is 0 Å². The third-order valence-electron chi connectivity index (χ3n) is 2.84. The van der Waals surface area contributed by atoms with Crippen molar-refractivity contribution in [1.82, 2.24) is 4.98 Å². The molecule has 0 N–H and O–H groups in total. The fourth-order valence-electron chi connectivity index (χ4n) is 1.78. The van der Waals surface area contributed by atoms with E-state index >= 15 is 0 Å². The molecule has 4 heteroatoms. The molecule has 0 unspecified atom stereocenters. The van der Waals surface area contributed by atoms with Crippen LogP contribution < -0.4 is 9.47 Å². The summed E-state index contributed by atoms with van der Waals surface area (Å²) in [5.41, 5.74) is 2.18. The van der Waals surface area contributed by atoms with Gasteiger partial charge in [0.05, 0.1) is 31.2 Å². The number of rotatable bonds is 5. The lowest BCUT2D eigenvalue weighted by Crippen LogP contribution is -1.98. The fraction of sp³-hybridized carbons (Fsp3) is 0.250. The van der Waals surface area contributed by atoms with Crippen LogP contribution in [0.2, 0.25) is 0 Å². The molecular weight excluding hydrogens is 252 g/mol. The van der Waals surface area contributed by atoms with E-state index in [4.69, 9.17) is 9.47 Å². The van der Waals surface area contributed by atoms with Crippen LogP contribution in [0.15, 0.2) is 36.5 Å². The van der Waals surface area contributed by atoms with Crippen LogP contribution in [0.4, 0.5) is 0 Å². The molecule has 0 atom stereocenters. The van der Waals surface area contributed by atoms with Crippen molar-refractivity contribution in [3.8, 4) is 28.8 Å². The molecule has 0 fully saturated rings. The van der Waals surface area contributed by atoms with Gasteiger partial charge in [0.2, 0.25) is 0 Å². The lowest BCUT2D eigenvalue weighted by atomic mass is 10.1. The van der Waals surface area contributed by atoms with E-state index in [1.807, 2.05) is 31.2 Å². The highest BCUT2D eigenvalue weighted by Crippen LogP contribution is 2.25. The normalized spacial score (nSPS) is 9.85. The summed E-state index contributed by atoms with van der Waals surface area (Å²) in [7, 11) is 1.63. The van der Waals surface area contributed by atoms with Gasteiger partial charge < -0.3 is 9.47 Å². The van der Waals surface area contributed by atoms with Crippen LogP contribution >= 0.6 is 0 Å². The standard InChI is InChI=1S/C16H16N2O2/c1-3-8-20-16-11-18-15(9-13(16)10-17)12-4-6-14(19-2)7-5-12/h4-7,9,11H,3,8H2,1-2H3. The van der Waals surface area contributed by atoms with Crippen molar-refractivity contribution in [3.63, 3.8) is 0 Å². The number of hydrogen-bond acceptors (Lipinski definition) is 4. The number of aromatic nitrogens is 1. The first kappa shape index (κ1) is 13.9. The van der Waals surface area contributed by atoms with Gasteiger partial charge in [0, 0.05) is 5.56 Å². The Morgan fingerprint density at radius 2 is 2.00 bits per heavy atom. The van der Waals surface area contributed by atoms with Crippen LogP contribution in [0.1, 0.15) is 18.9 Å². The van der Waals surface area contributed by atoms with E-state index in [9.17, 15) is 5.26 Å². The van der Waals surface area contributed by atoms with Crippen molar-refractivity contribution in [2.75, 3.05) is 13.7 Å². The molecule has 102 valence electrons. The van der Waals surface area contributed by atoms with Gasteiger partial charge in [0.15, 0.2) is 5.75 Å². The minimum absolute atomic E-state index is 0.499. The van der Waals surface area contributed by atoms with Crippen molar-refractivity contribution in [2.45, 2.75) is 13.3 Å². The first-order valence-corrected chi connectivity index (χ1v) is 6.46. The van der Waals surface area contributed by atoms with Crippen molar-refractivity contribution < 1.29 is 9.47 Å². The van der Waals surface area contributed by atoms with Crippen LogP contribution in [0, 0.1) is 11.3 Å². The quantitative estimate of drug-likeness (QED) is 0.833. The summed E-state index contributed by atoms with van der Waals surface area (Å²) < 4.78 is 10.6. The van der Waals surface area contributed by atoms with Gasteiger partial charge in [-0.3, -0.25) is 4.98 Å². The van der Waals surface area contributed by atoms with E-state index in [2.05, 4.69) is 11.1 Å². The predicted octanol–water partition coefficient (Wildman–Crippen LogP) is 3.42. The van der Waals surface area contributed by atoms with E-state index in [0.29, 0.717) is 17.9 Å². The summed E-state index contributed by atoms with van der Waals surface area (Å²) in [6.45, 7) is 2.60. The monoisotopic (exact) mass is 268 g/mol. The minimum atomic E-state index is 0.499. The second kappa shape index (κ2) is 6.58. The third-order valence-corrected chi connectivity index (χ3v) is 2.84. The Hall–Kier alpha value is -2.54. The zero-order valence-corrected chi connectivity index (χ0v) is 11.6. The zero-order valence-electron chi connectivity index (χ0n) is 11.6. The summed E-state index contributed by atoms with van der Waals surface area (Å²) in [5.74, 6) is 1.32. The Balaban J connectivity index is 2.30. The van der Waals surface area contributed by atoms with Gasteiger partial charge in [0.25, 0.3) is 0 Å². The highest BCUT2D eigenvalue weighted by atomic mass is 16.5. The van der Waals surface area contributed by atoms with E-state index in [0.717, 1.165) is 23.4 Å². The maximum Gasteiger partial charge on any atom is 0.155 e. The highest BCUT2D eigenvalue weighted by molar-refractivity contribution is 5.63. The molecule has 0 aliphatic heterocycles. The molecule has 0 spiro atoms. The van der Waals surface area contributed by atoms with Crippen molar-refractivity contribution >= 4 is 0 Å². The van der Waals surface area contributed by atoms with Gasteiger partial charge in [-0.05, 0) is 36.8 Å². The maximum atomic E-state index is 9.19. The van der Waals surface area contributed by atoms with Crippen LogP contribution in [0.25, 0.3) is 11.3 Å². The first-order valence-electron chi connectivity index (χ1n) is 6.46. The van der Waals surface area contributed by atoms with E-state index in [1.54, 1.807) is 19.4 Å². The van der Waals surface area contributed by atoms with Gasteiger partial charge in [-0.1, -0.05) is 6.92 Å². The molecule has 4 nitrogen and oxygen atoms in total. The molecule has 20 heavy (non-hydrogen) atoms. The maximum absolute atomic E-state index is 9.19. The van der Waals surface area contributed by atoms with Crippen LogP contribution in [-0.2, 0) is 0 Å². The second-order valence-corrected chi connectivity index (χ2v) is 4.25. The average Bonchev–Trinajstić information content (AvgIpc) is 2.52. The Labute approximate surface area is 118 Å². The molecule has 2 rings (SSSR count). The predicted molar refractivity (Wildman–Crippen MR) is 76.7 cm³/mol. The molecule has 0 radical (unpaired) electrons. The molecule has 0 aliphatic rings. The first-order chi connectivity index (χ1) is 9.78. The van der Waals surface area contributed by atoms with Crippen molar-refractivity contribution in [2.24, 2.45) is 0 Å². The Morgan fingerprint density at radius 1 is 1.25 bits per heavy atom. The van der Waals surface area contributed by atoms with Crippen LogP contribution in [0.3, 0.4) is 0 Å². The third kappa shape index (κ3) is 3.07. The molecular formula is C16H16N2O2. The minimum Gasteiger partial charge on any atom is -0.497 e. The largest absolute Gasteiger partial charge is 0.497 e. The summed E-state index contributed by atoms with van der Waals surface area (Å²) in [4.78, 5) is 4.35. The van der Waals surface area contributed by atoms with Gasteiger partial charge in [0.1, 0.15) is 11.8 Å². The Morgan fingerprint density at radius 3 is 2.60 bits per heavy atom. The van der Waals surface area contributed by atoms with Gasteiger partial charge in [-0.2, -0.15) is 5.26 Å². The number of ether oxygens (including phenoxy) is 2. The molecule has 1 aromatic carbocycles. The van der Waals surface area contributed by atoms with Crippen LogP contribution in [-0.4, -0.2) is 18.7 Å². The second-order valence-electron chi connectivity index (χ2n) is 4.25. The van der Waals surface area contributed by atoms with Crippen LogP contribution in [0.5, 0.6) is 11.5 Å². The topological polar surface area (TPSA) is 55.1 Å². The molecule has 1 heterocycles. The summed E-state index contributed by atoms with van der Waals surface area (Å²) in [5, 5.41) is 9.19. The Bertz CT molecular complexity index is 615. The number of hydrogen-bond donors (Lipinski definition) is 0. The zero-order chi connectivity index (χ0) is 14.4. The van der Waals surface area contributed by atoms with E-state index in [-0.39, 0.29) is 0 Å². The lowest BCUT2D eigenvalue weighted by molar-refractivity contribution is 0.315. The van der Waals surface area contributed by atoms with Crippen molar-refractivity contribution in [1.29, 1.82) is 5.26 Å². The Kier molecular flexibility index (Phi) is 4.56. The fourth-order valence-corrected chi connectivity index (χ4v) is 1.78. The smallest absolute Gasteiger partial charge is 0.155 e. The number of benzene rings is 1. The van der Waals surface area contributed by atoms with Gasteiger partial charge in [-0.25, -0.2) is 0 Å². The summed E-state index contributed by atoms with van der Waals surface area (Å²) in [6, 6.07) is 11.4. The lowest BCUT2D eigenvalue weighted by Gasteiger charge is -2.08. The molecule has 0 saturated heterocycles.